The Hall–Kier alpha value is -1.47. The smallest absolute Gasteiger partial charge is 0.270 e. The molecule has 0 aromatic heterocycles. The second-order valence-electron chi connectivity index (χ2n) is 5.01. The average molecular weight is 342 g/mol. The first-order chi connectivity index (χ1) is 9.51. The van der Waals surface area contributed by atoms with Gasteiger partial charge in [-0.25, -0.2) is 0 Å². The molecule has 0 amide bonds. The Morgan fingerprint density at radius 3 is 2.90 bits per heavy atom. The molecule has 6 nitrogen and oxygen atoms in total. The number of hydrogen-bond acceptors (Lipinski definition) is 5. The van der Waals surface area contributed by atoms with Gasteiger partial charge in [0.15, 0.2) is 0 Å². The highest BCUT2D eigenvalue weighted by Gasteiger charge is 2.23. The molecular formula is C13H16BrN3O3. The van der Waals surface area contributed by atoms with Gasteiger partial charge in [0.2, 0.25) is 0 Å². The van der Waals surface area contributed by atoms with Crippen molar-refractivity contribution in [3.8, 4) is 0 Å². The fourth-order valence-electron chi connectivity index (χ4n) is 2.41. The molecule has 7 heteroatoms. The van der Waals surface area contributed by atoms with Gasteiger partial charge >= 0.3 is 0 Å². The first kappa shape index (κ1) is 14.9. The molecule has 1 aliphatic rings. The van der Waals surface area contributed by atoms with E-state index < -0.39 is 4.92 Å². The van der Waals surface area contributed by atoms with Crippen LogP contribution in [0.15, 0.2) is 27.8 Å². The molecule has 1 aromatic rings. The van der Waals surface area contributed by atoms with Crippen LogP contribution in [0.1, 0.15) is 18.9 Å². The van der Waals surface area contributed by atoms with Gasteiger partial charge in [0, 0.05) is 48.6 Å². The molecular weight excluding hydrogens is 326 g/mol. The number of halogens is 1. The number of benzene rings is 1. The predicted molar refractivity (Wildman–Crippen MR) is 79.1 cm³/mol. The van der Waals surface area contributed by atoms with Gasteiger partial charge in [0.1, 0.15) is 0 Å². The molecule has 1 heterocycles. The van der Waals surface area contributed by atoms with Crippen molar-refractivity contribution < 1.29 is 10.1 Å². The van der Waals surface area contributed by atoms with Crippen LogP contribution >= 0.6 is 15.9 Å². The number of piperidine rings is 1. The van der Waals surface area contributed by atoms with Gasteiger partial charge in [-0.1, -0.05) is 28.0 Å². The van der Waals surface area contributed by atoms with E-state index in [1.165, 1.54) is 12.1 Å². The van der Waals surface area contributed by atoms with E-state index in [2.05, 4.69) is 26.0 Å². The minimum absolute atomic E-state index is 0.0855. The molecule has 1 aromatic carbocycles. The Morgan fingerprint density at radius 1 is 1.60 bits per heavy atom. The zero-order chi connectivity index (χ0) is 14.7. The molecule has 2 rings (SSSR count). The molecule has 1 unspecified atom stereocenters. The minimum Gasteiger partial charge on any atom is -0.411 e. The van der Waals surface area contributed by atoms with Crippen molar-refractivity contribution in [3.05, 3.63) is 38.3 Å². The molecule has 0 radical (unpaired) electrons. The Balaban J connectivity index is 2.06. The van der Waals surface area contributed by atoms with Gasteiger partial charge in [-0.15, -0.1) is 0 Å². The lowest BCUT2D eigenvalue weighted by Crippen LogP contribution is -2.39. The molecule has 20 heavy (non-hydrogen) atoms. The summed E-state index contributed by atoms with van der Waals surface area (Å²) in [6.07, 6.45) is 0.752. The van der Waals surface area contributed by atoms with E-state index in [-0.39, 0.29) is 11.6 Å². The summed E-state index contributed by atoms with van der Waals surface area (Å²) in [7, 11) is 0. The van der Waals surface area contributed by atoms with Crippen LogP contribution in [0.3, 0.4) is 0 Å². The SMILES string of the molecule is CC1CN(Cc2ccc([N+](=O)[O-])cc2Br)CC/C1=N\O. The summed E-state index contributed by atoms with van der Waals surface area (Å²) in [6, 6.07) is 4.83. The van der Waals surface area contributed by atoms with Gasteiger partial charge in [-0.2, -0.15) is 0 Å². The first-order valence-corrected chi connectivity index (χ1v) is 7.16. The Kier molecular flexibility index (Phi) is 4.72. The summed E-state index contributed by atoms with van der Waals surface area (Å²) >= 11 is 3.39. The third-order valence-electron chi connectivity index (χ3n) is 3.55. The van der Waals surface area contributed by atoms with E-state index in [1.807, 2.05) is 6.92 Å². The first-order valence-electron chi connectivity index (χ1n) is 6.37. The predicted octanol–water partition coefficient (Wildman–Crippen LogP) is 3.03. The average Bonchev–Trinajstić information content (AvgIpc) is 2.41. The summed E-state index contributed by atoms with van der Waals surface area (Å²) < 4.78 is 0.751. The number of likely N-dealkylation sites (tertiary alicyclic amines) is 1. The summed E-state index contributed by atoms with van der Waals surface area (Å²) in [5, 5.41) is 22.9. The third kappa shape index (κ3) is 3.34. The number of nitrogens with zero attached hydrogens (tertiary/aromatic N) is 3. The van der Waals surface area contributed by atoms with Crippen LogP contribution in [-0.4, -0.2) is 33.8 Å². The van der Waals surface area contributed by atoms with E-state index in [4.69, 9.17) is 5.21 Å². The quantitative estimate of drug-likeness (QED) is 0.520. The summed E-state index contributed by atoms with van der Waals surface area (Å²) in [5.74, 6) is 0.227. The van der Waals surface area contributed by atoms with Gasteiger partial charge in [-0.05, 0) is 11.6 Å². The molecule has 0 spiro atoms. The lowest BCUT2D eigenvalue weighted by atomic mass is 9.97. The number of rotatable bonds is 3. The van der Waals surface area contributed by atoms with Crippen molar-refractivity contribution in [2.24, 2.45) is 11.1 Å². The van der Waals surface area contributed by atoms with Gasteiger partial charge < -0.3 is 5.21 Å². The van der Waals surface area contributed by atoms with Crippen LogP contribution in [0.4, 0.5) is 5.69 Å². The highest BCUT2D eigenvalue weighted by molar-refractivity contribution is 9.10. The number of non-ortho nitro benzene ring substituents is 1. The van der Waals surface area contributed by atoms with Crippen molar-refractivity contribution in [2.75, 3.05) is 13.1 Å². The van der Waals surface area contributed by atoms with Crippen LogP contribution in [0.2, 0.25) is 0 Å². The molecule has 1 atom stereocenters. The van der Waals surface area contributed by atoms with Crippen LogP contribution in [-0.2, 0) is 6.54 Å². The van der Waals surface area contributed by atoms with Crippen molar-refractivity contribution in [2.45, 2.75) is 19.9 Å². The second-order valence-corrected chi connectivity index (χ2v) is 5.86. The normalized spacial score (nSPS) is 22.1. The van der Waals surface area contributed by atoms with Crippen molar-refractivity contribution in [1.82, 2.24) is 4.90 Å². The molecule has 1 N–H and O–H groups in total. The van der Waals surface area contributed by atoms with E-state index >= 15 is 0 Å². The lowest BCUT2D eigenvalue weighted by Gasteiger charge is -2.31. The van der Waals surface area contributed by atoms with Crippen molar-refractivity contribution in [1.29, 1.82) is 0 Å². The number of oxime groups is 1. The molecule has 1 aliphatic heterocycles. The van der Waals surface area contributed by atoms with Gasteiger partial charge in [-0.3, -0.25) is 15.0 Å². The Labute approximate surface area is 125 Å². The maximum Gasteiger partial charge on any atom is 0.270 e. The maximum absolute atomic E-state index is 10.7. The van der Waals surface area contributed by atoms with Crippen LogP contribution in [0, 0.1) is 16.0 Å². The molecule has 1 saturated heterocycles. The molecule has 1 fully saturated rings. The van der Waals surface area contributed by atoms with Gasteiger partial charge in [0.25, 0.3) is 5.69 Å². The minimum atomic E-state index is -0.401. The largest absolute Gasteiger partial charge is 0.411 e. The molecule has 0 aliphatic carbocycles. The molecule has 0 bridgehead atoms. The van der Waals surface area contributed by atoms with Crippen LogP contribution in [0.5, 0.6) is 0 Å². The molecule has 0 saturated carbocycles. The summed E-state index contributed by atoms with van der Waals surface area (Å²) in [4.78, 5) is 12.6. The standard InChI is InChI=1S/C13H16BrN3O3/c1-9-7-16(5-4-13(9)15-18)8-10-2-3-11(17(19)20)6-12(10)14/h2-3,6,9,18H,4-5,7-8H2,1H3/b15-13+. The fraction of sp³-hybridized carbons (Fsp3) is 0.462. The third-order valence-corrected chi connectivity index (χ3v) is 4.29. The fourth-order valence-corrected chi connectivity index (χ4v) is 2.91. The van der Waals surface area contributed by atoms with E-state index in [0.717, 1.165) is 41.8 Å². The van der Waals surface area contributed by atoms with Crippen LogP contribution in [0.25, 0.3) is 0 Å². The monoisotopic (exact) mass is 341 g/mol. The summed E-state index contributed by atoms with van der Waals surface area (Å²) in [6.45, 7) is 4.41. The zero-order valence-corrected chi connectivity index (χ0v) is 12.7. The number of nitro groups is 1. The van der Waals surface area contributed by atoms with Crippen molar-refractivity contribution in [3.63, 3.8) is 0 Å². The number of nitro benzene ring substituents is 1. The maximum atomic E-state index is 10.7. The van der Waals surface area contributed by atoms with Crippen LogP contribution < -0.4 is 0 Å². The Bertz CT molecular complexity index is 548. The Morgan fingerprint density at radius 2 is 2.35 bits per heavy atom. The zero-order valence-electron chi connectivity index (χ0n) is 11.1. The number of hydrogen-bond donors (Lipinski definition) is 1. The summed E-state index contributed by atoms with van der Waals surface area (Å²) in [5.41, 5.74) is 1.94. The molecule has 108 valence electrons. The van der Waals surface area contributed by atoms with Gasteiger partial charge in [0.05, 0.1) is 10.6 Å². The lowest BCUT2D eigenvalue weighted by molar-refractivity contribution is -0.384. The van der Waals surface area contributed by atoms with E-state index in [9.17, 15) is 10.1 Å². The highest BCUT2D eigenvalue weighted by Crippen LogP contribution is 2.25. The topological polar surface area (TPSA) is 79.0 Å². The second kappa shape index (κ2) is 6.32. The van der Waals surface area contributed by atoms with E-state index in [1.54, 1.807) is 6.07 Å². The van der Waals surface area contributed by atoms with Crippen molar-refractivity contribution >= 4 is 27.3 Å². The van der Waals surface area contributed by atoms with E-state index in [0.29, 0.717) is 0 Å². The highest BCUT2D eigenvalue weighted by atomic mass is 79.9.